The Bertz CT molecular complexity index is 685. The van der Waals surface area contributed by atoms with Crippen molar-refractivity contribution in [2.24, 2.45) is 5.41 Å². The summed E-state index contributed by atoms with van der Waals surface area (Å²) in [5.41, 5.74) is 3.73. The maximum Gasteiger partial charge on any atom is 0.333 e. The monoisotopic (exact) mass is 418 g/mol. The minimum Gasteiger partial charge on any atom is -0.463 e. The highest BCUT2D eigenvalue weighted by Crippen LogP contribution is 2.48. The summed E-state index contributed by atoms with van der Waals surface area (Å²) < 4.78 is 11.2. The van der Waals surface area contributed by atoms with Gasteiger partial charge in [-0.05, 0) is 70.8 Å². The smallest absolute Gasteiger partial charge is 0.333 e. The third-order valence-corrected chi connectivity index (χ3v) is 7.98. The summed E-state index contributed by atoms with van der Waals surface area (Å²) in [4.78, 5) is 12.7. The van der Waals surface area contributed by atoms with Gasteiger partial charge in [-0.3, -0.25) is 0 Å². The Kier molecular flexibility index (Phi) is 7.78. The number of epoxide rings is 1. The molecule has 4 heteroatoms. The summed E-state index contributed by atoms with van der Waals surface area (Å²) in [6.07, 6.45) is 10.8. The summed E-state index contributed by atoms with van der Waals surface area (Å²) >= 11 is 0. The van der Waals surface area contributed by atoms with Crippen LogP contribution in [0, 0.1) is 5.41 Å². The van der Waals surface area contributed by atoms with Crippen molar-refractivity contribution in [2.75, 3.05) is 6.61 Å². The van der Waals surface area contributed by atoms with Crippen LogP contribution >= 0.6 is 0 Å². The molecule has 0 aromatic heterocycles. The Hall–Kier alpha value is -1.13. The second-order valence-corrected chi connectivity index (χ2v) is 16.1. The average Bonchev–Trinajstić information content (AvgIpc) is 3.30. The van der Waals surface area contributed by atoms with Crippen molar-refractivity contribution >= 4 is 14.0 Å². The molecular weight excluding hydrogens is 376 g/mol. The van der Waals surface area contributed by atoms with Crippen molar-refractivity contribution in [3.63, 3.8) is 0 Å². The first-order valence-electron chi connectivity index (χ1n) is 11.3. The molecule has 3 atom stereocenters. The number of carbonyl (C=O) groups is 1. The highest BCUT2D eigenvalue weighted by atomic mass is 28.3. The van der Waals surface area contributed by atoms with Gasteiger partial charge in [0.15, 0.2) is 0 Å². The van der Waals surface area contributed by atoms with Crippen molar-refractivity contribution in [1.82, 2.24) is 0 Å². The lowest BCUT2D eigenvalue weighted by Crippen LogP contribution is -2.32. The van der Waals surface area contributed by atoms with Crippen molar-refractivity contribution in [1.29, 1.82) is 0 Å². The van der Waals surface area contributed by atoms with Gasteiger partial charge in [-0.25, -0.2) is 4.79 Å². The lowest BCUT2D eigenvalue weighted by Gasteiger charge is -2.40. The molecule has 0 aromatic rings. The van der Waals surface area contributed by atoms with E-state index < -0.39 is 8.07 Å². The maximum absolute atomic E-state index is 12.7. The van der Waals surface area contributed by atoms with Gasteiger partial charge >= 0.3 is 5.97 Å². The summed E-state index contributed by atoms with van der Waals surface area (Å²) in [5.74, 6) is -0.0815. The van der Waals surface area contributed by atoms with E-state index in [9.17, 15) is 4.79 Å². The molecule has 2 aliphatic rings. The molecule has 0 saturated carbocycles. The van der Waals surface area contributed by atoms with E-state index in [-0.39, 0.29) is 17.0 Å². The van der Waals surface area contributed by atoms with Crippen molar-refractivity contribution < 1.29 is 14.3 Å². The molecule has 1 aliphatic heterocycles. The van der Waals surface area contributed by atoms with Gasteiger partial charge < -0.3 is 9.47 Å². The third-order valence-electron chi connectivity index (χ3n) is 6.56. The lowest BCUT2D eigenvalue weighted by atomic mass is 9.69. The van der Waals surface area contributed by atoms with Gasteiger partial charge in [-0.15, -0.1) is 6.58 Å². The molecule has 164 valence electrons. The van der Waals surface area contributed by atoms with Crippen LogP contribution in [0.5, 0.6) is 0 Å². The molecule has 1 fully saturated rings. The molecule has 0 N–H and O–H groups in total. The molecule has 2 rings (SSSR count). The van der Waals surface area contributed by atoms with Gasteiger partial charge in [0.1, 0.15) is 5.60 Å². The third kappa shape index (κ3) is 6.42. The van der Waals surface area contributed by atoms with E-state index in [2.05, 4.69) is 53.1 Å². The zero-order chi connectivity index (χ0) is 21.9. The van der Waals surface area contributed by atoms with Crippen LogP contribution < -0.4 is 0 Å². The molecule has 0 bridgehead atoms. The highest BCUT2D eigenvalue weighted by molar-refractivity contribution is 6.76. The molecule has 3 nitrogen and oxygen atoms in total. The number of allylic oxidation sites excluding steroid dienone is 3. The van der Waals surface area contributed by atoms with Crippen LogP contribution in [0.3, 0.4) is 0 Å². The van der Waals surface area contributed by atoms with Crippen LogP contribution in [0.15, 0.2) is 35.5 Å². The number of carbonyl (C=O) groups excluding carboxylic acids is 1. The average molecular weight is 419 g/mol. The zero-order valence-electron chi connectivity index (χ0n) is 19.8. The fourth-order valence-corrected chi connectivity index (χ4v) is 6.20. The largest absolute Gasteiger partial charge is 0.463 e. The van der Waals surface area contributed by atoms with Crippen LogP contribution in [0.4, 0.5) is 0 Å². The maximum atomic E-state index is 12.7. The van der Waals surface area contributed by atoms with Gasteiger partial charge in [0.25, 0.3) is 0 Å². The first-order valence-corrected chi connectivity index (χ1v) is 15.0. The minimum atomic E-state index is -1.35. The second-order valence-electron chi connectivity index (χ2n) is 10.6. The predicted molar refractivity (Wildman–Crippen MR) is 125 cm³/mol. The number of ether oxygens (including phenoxy) is 2. The number of hydrogen-bond donors (Lipinski definition) is 0. The van der Waals surface area contributed by atoms with E-state index in [4.69, 9.17) is 9.47 Å². The van der Waals surface area contributed by atoms with Crippen molar-refractivity contribution in [3.05, 3.63) is 35.5 Å². The molecule has 0 spiro atoms. The normalized spacial score (nSPS) is 30.3. The number of rotatable bonds is 10. The van der Waals surface area contributed by atoms with Crippen molar-refractivity contribution in [2.45, 2.75) is 104 Å². The predicted octanol–water partition coefficient (Wildman–Crippen LogP) is 6.83. The summed E-state index contributed by atoms with van der Waals surface area (Å²) in [6.45, 7) is 20.1. The van der Waals surface area contributed by atoms with Crippen LogP contribution in [0.1, 0.15) is 66.2 Å². The van der Waals surface area contributed by atoms with E-state index in [0.29, 0.717) is 12.7 Å². The topological polar surface area (TPSA) is 38.8 Å². The molecule has 1 aliphatic carbocycles. The molecule has 0 amide bonds. The number of hydrogen-bond acceptors (Lipinski definition) is 3. The van der Waals surface area contributed by atoms with E-state index >= 15 is 0 Å². The van der Waals surface area contributed by atoms with E-state index in [1.54, 1.807) is 0 Å². The lowest BCUT2D eigenvalue weighted by molar-refractivity contribution is -0.139. The van der Waals surface area contributed by atoms with Gasteiger partial charge in [-0.1, -0.05) is 49.9 Å². The highest BCUT2D eigenvalue weighted by Gasteiger charge is 2.48. The molecule has 29 heavy (non-hydrogen) atoms. The Morgan fingerprint density at radius 1 is 1.34 bits per heavy atom. The molecule has 1 unspecified atom stereocenters. The minimum absolute atomic E-state index is 0.0631. The first kappa shape index (κ1) is 24.1. The van der Waals surface area contributed by atoms with Gasteiger partial charge in [0, 0.05) is 13.6 Å². The molecule has 0 radical (unpaired) electrons. The Balaban J connectivity index is 2.15. The standard InChI is InChI=1S/C25H42O3Si/c1-9-25(5)22(28-25)14-13-19(3)15-17-24(4)16-11-12-20(23(26)27-10-2)21(24)18-29(6,7)8/h9,15,22H,1,10-14,16-18H2,2-8H3/b19-15+/t22?,24-,25+/m1/s1. The Labute approximate surface area is 179 Å². The van der Waals surface area contributed by atoms with E-state index in [1.165, 1.54) is 11.1 Å². The molecular formula is C25H42O3Si. The molecule has 0 aromatic carbocycles. The fourth-order valence-electron chi connectivity index (χ4n) is 4.50. The SMILES string of the molecule is C=C[C@]1(C)OC1CC/C(C)=C/C[C@@]1(C)CCCC(C(=O)OCC)=C1C[Si](C)(C)C. The van der Waals surface area contributed by atoms with Crippen LogP contribution in [-0.2, 0) is 14.3 Å². The summed E-state index contributed by atoms with van der Waals surface area (Å²) in [7, 11) is -1.35. The Morgan fingerprint density at radius 3 is 2.59 bits per heavy atom. The summed E-state index contributed by atoms with van der Waals surface area (Å²) in [6, 6.07) is 1.08. The second kappa shape index (κ2) is 9.34. The van der Waals surface area contributed by atoms with Crippen molar-refractivity contribution in [3.8, 4) is 0 Å². The quantitative estimate of drug-likeness (QED) is 0.169. The van der Waals surface area contributed by atoms with E-state index in [0.717, 1.165) is 50.1 Å². The molecule has 1 heterocycles. The van der Waals surface area contributed by atoms with Gasteiger partial charge in [0.2, 0.25) is 0 Å². The van der Waals surface area contributed by atoms with Gasteiger partial charge in [0.05, 0.1) is 12.7 Å². The fraction of sp³-hybridized carbons (Fsp3) is 0.720. The van der Waals surface area contributed by atoms with Crippen LogP contribution in [0.2, 0.25) is 25.7 Å². The number of esters is 1. The van der Waals surface area contributed by atoms with Crippen LogP contribution in [-0.4, -0.2) is 32.4 Å². The zero-order valence-corrected chi connectivity index (χ0v) is 20.8. The van der Waals surface area contributed by atoms with E-state index in [1.807, 2.05) is 13.0 Å². The first-order chi connectivity index (χ1) is 13.4. The van der Waals surface area contributed by atoms with Crippen LogP contribution in [0.25, 0.3) is 0 Å². The molecule has 1 saturated heterocycles. The summed E-state index contributed by atoms with van der Waals surface area (Å²) in [5, 5.41) is 0. The van der Waals surface area contributed by atoms with Gasteiger partial charge in [-0.2, -0.15) is 0 Å². The Morgan fingerprint density at radius 2 is 2.03 bits per heavy atom.